The average Bonchev–Trinajstić information content (AvgIpc) is 3.16. The molecule has 0 unspecified atom stereocenters. The van der Waals surface area contributed by atoms with Crippen molar-refractivity contribution < 1.29 is 14.1 Å². The van der Waals surface area contributed by atoms with E-state index in [4.69, 9.17) is 9.26 Å². The Morgan fingerprint density at radius 3 is 3.10 bits per heavy atom. The summed E-state index contributed by atoms with van der Waals surface area (Å²) >= 11 is 2.58. The molecule has 8 heteroatoms. The van der Waals surface area contributed by atoms with Gasteiger partial charge in [0.25, 0.3) is 0 Å². The summed E-state index contributed by atoms with van der Waals surface area (Å²) < 4.78 is 14.1. The van der Waals surface area contributed by atoms with Crippen LogP contribution < -0.4 is 0 Å². The summed E-state index contributed by atoms with van der Waals surface area (Å²) in [4.78, 5) is 13.2. The van der Waals surface area contributed by atoms with Crippen LogP contribution in [0, 0.1) is 6.92 Å². The van der Waals surface area contributed by atoms with Gasteiger partial charge in [-0.3, -0.25) is 0 Å². The first kappa shape index (κ1) is 12.9. The van der Waals surface area contributed by atoms with Crippen molar-refractivity contribution in [1.82, 2.24) is 14.7 Å². The fraction of sp³-hybridized carbons (Fsp3) is 0.167. The third-order valence-electron chi connectivity index (χ3n) is 2.51. The quantitative estimate of drug-likeness (QED) is 0.690. The maximum absolute atomic E-state index is 11.8. The smallest absolute Gasteiger partial charge is 0.352 e. The number of carbonyl (C=O) groups excluding carboxylic acids is 1. The molecular formula is C12H9N3O3S2. The van der Waals surface area contributed by atoms with Gasteiger partial charge < -0.3 is 9.26 Å². The van der Waals surface area contributed by atoms with E-state index in [2.05, 4.69) is 14.7 Å². The minimum Gasteiger partial charge on any atom is -0.455 e. The largest absolute Gasteiger partial charge is 0.455 e. The zero-order valence-corrected chi connectivity index (χ0v) is 12.0. The van der Waals surface area contributed by atoms with E-state index >= 15 is 0 Å². The molecule has 20 heavy (non-hydrogen) atoms. The molecule has 0 aromatic carbocycles. The Morgan fingerprint density at radius 1 is 1.50 bits per heavy atom. The number of aromatic nitrogens is 3. The molecule has 0 N–H and O–H groups in total. The zero-order chi connectivity index (χ0) is 13.9. The number of esters is 1. The van der Waals surface area contributed by atoms with Crippen LogP contribution in [0.15, 0.2) is 28.1 Å². The number of rotatable bonds is 4. The molecule has 0 bridgehead atoms. The minimum absolute atomic E-state index is 0.0606. The van der Waals surface area contributed by atoms with E-state index in [1.165, 1.54) is 0 Å². The molecule has 0 aliphatic carbocycles. The molecule has 6 nitrogen and oxygen atoms in total. The SMILES string of the molecule is Cc1nnsc1C(=O)OCc1cc(-c2cccs2)on1. The lowest BCUT2D eigenvalue weighted by atomic mass is 10.3. The molecule has 0 amide bonds. The highest BCUT2D eigenvalue weighted by molar-refractivity contribution is 7.13. The Kier molecular flexibility index (Phi) is 3.57. The first-order valence-corrected chi connectivity index (χ1v) is 7.35. The summed E-state index contributed by atoms with van der Waals surface area (Å²) in [5.41, 5.74) is 1.14. The minimum atomic E-state index is -0.446. The third-order valence-corrected chi connectivity index (χ3v) is 4.20. The van der Waals surface area contributed by atoms with Gasteiger partial charge in [0.1, 0.15) is 12.3 Å². The van der Waals surface area contributed by atoms with Crippen molar-refractivity contribution in [2.45, 2.75) is 13.5 Å². The standard InChI is InChI=1S/C12H9N3O3S2/c1-7-11(20-15-13-7)12(16)17-6-8-5-9(18-14-8)10-3-2-4-19-10/h2-5H,6H2,1H3. The number of aryl methyl sites for hydroxylation is 1. The Bertz CT molecular complexity index is 718. The van der Waals surface area contributed by atoms with Gasteiger partial charge in [-0.05, 0) is 29.9 Å². The van der Waals surface area contributed by atoms with Crippen LogP contribution in [0.4, 0.5) is 0 Å². The highest BCUT2D eigenvalue weighted by Gasteiger charge is 2.16. The Balaban J connectivity index is 1.65. The topological polar surface area (TPSA) is 78.1 Å². The Morgan fingerprint density at radius 2 is 2.40 bits per heavy atom. The van der Waals surface area contributed by atoms with Gasteiger partial charge in [-0.15, -0.1) is 16.4 Å². The summed E-state index contributed by atoms with van der Waals surface area (Å²) in [6.45, 7) is 1.77. The van der Waals surface area contributed by atoms with Crippen LogP contribution >= 0.6 is 22.9 Å². The number of hydrogen-bond donors (Lipinski definition) is 0. The monoisotopic (exact) mass is 307 g/mol. The van der Waals surface area contributed by atoms with Crippen LogP contribution in [0.1, 0.15) is 21.1 Å². The summed E-state index contributed by atoms with van der Waals surface area (Å²) in [5, 5.41) is 9.60. The van der Waals surface area contributed by atoms with Gasteiger partial charge in [-0.2, -0.15) is 0 Å². The predicted molar refractivity (Wildman–Crippen MR) is 73.6 cm³/mol. The van der Waals surface area contributed by atoms with Gasteiger partial charge in [0.15, 0.2) is 10.6 Å². The van der Waals surface area contributed by atoms with Crippen LogP contribution in [0.5, 0.6) is 0 Å². The molecule has 0 atom stereocenters. The fourth-order valence-corrected chi connectivity index (χ4v) is 2.76. The van der Waals surface area contributed by atoms with Crippen LogP contribution in [0.2, 0.25) is 0 Å². The van der Waals surface area contributed by atoms with Crippen LogP contribution in [-0.2, 0) is 11.3 Å². The van der Waals surface area contributed by atoms with Gasteiger partial charge in [-0.1, -0.05) is 15.7 Å². The van der Waals surface area contributed by atoms with Crippen molar-refractivity contribution in [2.24, 2.45) is 0 Å². The second-order valence-electron chi connectivity index (χ2n) is 3.92. The van der Waals surface area contributed by atoms with Gasteiger partial charge in [0.05, 0.1) is 10.6 Å². The molecule has 0 aliphatic heterocycles. The van der Waals surface area contributed by atoms with Crippen molar-refractivity contribution in [3.8, 4) is 10.6 Å². The van der Waals surface area contributed by atoms with Crippen LogP contribution in [-0.4, -0.2) is 20.7 Å². The van der Waals surface area contributed by atoms with E-state index in [0.29, 0.717) is 22.0 Å². The molecule has 0 saturated heterocycles. The maximum atomic E-state index is 11.8. The first-order chi connectivity index (χ1) is 9.74. The van der Waals surface area contributed by atoms with Crippen molar-refractivity contribution in [3.05, 3.63) is 39.8 Å². The Labute approximate surface area is 122 Å². The van der Waals surface area contributed by atoms with E-state index in [-0.39, 0.29) is 6.61 Å². The zero-order valence-electron chi connectivity index (χ0n) is 10.4. The van der Waals surface area contributed by atoms with Gasteiger partial charge in [-0.25, -0.2) is 4.79 Å². The number of thiophene rings is 1. The lowest BCUT2D eigenvalue weighted by Gasteiger charge is -1.99. The van der Waals surface area contributed by atoms with E-state index in [1.807, 2.05) is 17.5 Å². The second-order valence-corrected chi connectivity index (χ2v) is 5.63. The van der Waals surface area contributed by atoms with Crippen molar-refractivity contribution in [2.75, 3.05) is 0 Å². The third kappa shape index (κ3) is 2.61. The molecule has 0 radical (unpaired) electrons. The van der Waals surface area contributed by atoms with Crippen molar-refractivity contribution in [3.63, 3.8) is 0 Å². The molecule has 0 spiro atoms. The van der Waals surface area contributed by atoms with Gasteiger partial charge in [0.2, 0.25) is 0 Å². The number of nitrogens with zero attached hydrogens (tertiary/aromatic N) is 3. The van der Waals surface area contributed by atoms with Crippen LogP contribution in [0.3, 0.4) is 0 Å². The Hall–Kier alpha value is -2.06. The molecule has 0 fully saturated rings. The number of hydrogen-bond acceptors (Lipinski definition) is 8. The van der Waals surface area contributed by atoms with Crippen molar-refractivity contribution in [1.29, 1.82) is 0 Å². The van der Waals surface area contributed by atoms with E-state index in [0.717, 1.165) is 16.4 Å². The summed E-state index contributed by atoms with van der Waals surface area (Å²) in [6.07, 6.45) is 0. The summed E-state index contributed by atoms with van der Waals surface area (Å²) in [6, 6.07) is 5.63. The molecule has 102 valence electrons. The maximum Gasteiger partial charge on any atom is 0.352 e. The van der Waals surface area contributed by atoms with Crippen LogP contribution in [0.25, 0.3) is 10.6 Å². The van der Waals surface area contributed by atoms with E-state index < -0.39 is 5.97 Å². The lowest BCUT2D eigenvalue weighted by Crippen LogP contribution is -2.05. The van der Waals surface area contributed by atoms with E-state index in [1.54, 1.807) is 24.3 Å². The predicted octanol–water partition coefficient (Wildman–Crippen LogP) is 2.92. The molecule has 3 aromatic heterocycles. The highest BCUT2D eigenvalue weighted by atomic mass is 32.1. The molecule has 3 heterocycles. The molecular weight excluding hydrogens is 298 g/mol. The fourth-order valence-electron chi connectivity index (χ4n) is 1.54. The first-order valence-electron chi connectivity index (χ1n) is 5.69. The second kappa shape index (κ2) is 5.51. The van der Waals surface area contributed by atoms with Crippen molar-refractivity contribution >= 4 is 28.8 Å². The lowest BCUT2D eigenvalue weighted by molar-refractivity contribution is 0.0469. The van der Waals surface area contributed by atoms with Gasteiger partial charge >= 0.3 is 5.97 Å². The average molecular weight is 307 g/mol. The highest BCUT2D eigenvalue weighted by Crippen LogP contribution is 2.25. The molecule has 3 rings (SSSR count). The number of carbonyl (C=O) groups is 1. The van der Waals surface area contributed by atoms with Gasteiger partial charge in [0, 0.05) is 6.07 Å². The summed E-state index contributed by atoms with van der Waals surface area (Å²) in [7, 11) is 0. The molecule has 3 aromatic rings. The number of ether oxygens (including phenoxy) is 1. The normalized spacial score (nSPS) is 10.7. The molecule has 0 saturated carbocycles. The summed E-state index contributed by atoms with van der Waals surface area (Å²) in [5.74, 6) is 0.222. The van der Waals surface area contributed by atoms with E-state index in [9.17, 15) is 4.79 Å². The molecule has 0 aliphatic rings.